The van der Waals surface area contributed by atoms with E-state index >= 15 is 0 Å². The smallest absolute Gasteiger partial charge is 0.292 e. The van der Waals surface area contributed by atoms with Gasteiger partial charge in [0.2, 0.25) is 0 Å². The second-order valence-electron chi connectivity index (χ2n) is 7.11. The molecule has 2 aromatic carbocycles. The third-order valence-electron chi connectivity index (χ3n) is 5.01. The summed E-state index contributed by atoms with van der Waals surface area (Å²) in [6, 6.07) is 14.5. The molecule has 0 fully saturated rings. The number of halogens is 1. The van der Waals surface area contributed by atoms with Crippen LogP contribution in [0.3, 0.4) is 0 Å². The quantitative estimate of drug-likeness (QED) is 0.480. The first-order valence-electron chi connectivity index (χ1n) is 9.17. The molecule has 0 aliphatic heterocycles. The van der Waals surface area contributed by atoms with Crippen molar-refractivity contribution >= 4 is 23.0 Å². The first kappa shape index (κ1) is 19.1. The molecule has 0 aliphatic carbocycles. The molecule has 146 valence electrons. The van der Waals surface area contributed by atoms with Crippen molar-refractivity contribution in [3.63, 3.8) is 0 Å². The number of Topliss-reactive ketones (excluding diaryl/α,β-unsaturated/α-hetero) is 1. The zero-order chi connectivity index (χ0) is 20.7. The van der Waals surface area contributed by atoms with Crippen LogP contribution in [0.5, 0.6) is 0 Å². The lowest BCUT2D eigenvalue weighted by atomic mass is 9.98. The summed E-state index contributed by atoms with van der Waals surface area (Å²) in [6.45, 7) is 5.73. The number of rotatable bonds is 4. The van der Waals surface area contributed by atoms with E-state index in [4.69, 9.17) is 11.6 Å². The zero-order valence-corrected chi connectivity index (χ0v) is 17.1. The first-order valence-corrected chi connectivity index (χ1v) is 9.55. The van der Waals surface area contributed by atoms with Gasteiger partial charge in [0.05, 0.1) is 5.69 Å². The average molecular weight is 407 g/mol. The summed E-state index contributed by atoms with van der Waals surface area (Å²) in [5.41, 5.74) is 5.04. The monoisotopic (exact) mass is 406 g/mol. The molecule has 0 radical (unpaired) electrons. The Balaban J connectivity index is 1.69. The van der Waals surface area contributed by atoms with Gasteiger partial charge in [0.25, 0.3) is 0 Å². The standard InChI is InChI=1S/C22H19ClN4O2/c1-13-10-15(3)18(11-14(13)2)20(28)12-26-22(29)27-21(25-26)9-8-19(24-27)16-4-6-17(23)7-5-16/h4-11H,12H2,1-3H3. The Morgan fingerprint density at radius 1 is 0.931 bits per heavy atom. The molecule has 2 aromatic heterocycles. The van der Waals surface area contributed by atoms with Crippen LogP contribution in [0.1, 0.15) is 27.0 Å². The highest BCUT2D eigenvalue weighted by Gasteiger charge is 2.16. The maximum absolute atomic E-state index is 12.8. The molecule has 0 aliphatic rings. The van der Waals surface area contributed by atoms with E-state index in [0.717, 1.165) is 26.9 Å². The molecular weight excluding hydrogens is 388 g/mol. The van der Waals surface area contributed by atoms with Crippen LogP contribution in [0.25, 0.3) is 16.9 Å². The lowest BCUT2D eigenvalue weighted by molar-refractivity contribution is 0.0965. The highest BCUT2D eigenvalue weighted by molar-refractivity contribution is 6.30. The van der Waals surface area contributed by atoms with Crippen molar-refractivity contribution in [3.05, 3.63) is 86.3 Å². The summed E-state index contributed by atoms with van der Waals surface area (Å²) in [6.07, 6.45) is 0. The summed E-state index contributed by atoms with van der Waals surface area (Å²) in [5, 5.41) is 9.27. The number of ketones is 1. The van der Waals surface area contributed by atoms with E-state index in [2.05, 4.69) is 10.2 Å². The van der Waals surface area contributed by atoms with Gasteiger partial charge in [-0.2, -0.15) is 9.61 Å². The van der Waals surface area contributed by atoms with E-state index in [1.54, 1.807) is 24.3 Å². The fourth-order valence-corrected chi connectivity index (χ4v) is 3.39. The maximum Gasteiger partial charge on any atom is 0.367 e. The van der Waals surface area contributed by atoms with E-state index in [1.165, 1.54) is 4.52 Å². The second kappa shape index (κ2) is 7.29. The number of nitrogens with zero attached hydrogens (tertiary/aromatic N) is 4. The number of aryl methyl sites for hydroxylation is 3. The van der Waals surface area contributed by atoms with Crippen LogP contribution >= 0.6 is 11.6 Å². The van der Waals surface area contributed by atoms with Crippen molar-refractivity contribution < 1.29 is 4.79 Å². The minimum absolute atomic E-state index is 0.137. The molecule has 0 amide bonds. The van der Waals surface area contributed by atoms with E-state index < -0.39 is 5.69 Å². The number of fused-ring (bicyclic) bond motifs is 1. The molecule has 0 atom stereocenters. The Kier molecular flexibility index (Phi) is 4.80. The highest BCUT2D eigenvalue weighted by Crippen LogP contribution is 2.19. The minimum Gasteiger partial charge on any atom is -0.292 e. The molecule has 0 N–H and O–H groups in total. The topological polar surface area (TPSA) is 69.3 Å². The van der Waals surface area contributed by atoms with Crippen LogP contribution in [-0.4, -0.2) is 25.2 Å². The molecule has 4 rings (SSSR count). The van der Waals surface area contributed by atoms with Gasteiger partial charge in [0.15, 0.2) is 11.4 Å². The second-order valence-corrected chi connectivity index (χ2v) is 7.55. The normalized spacial score (nSPS) is 11.2. The highest BCUT2D eigenvalue weighted by atomic mass is 35.5. The molecule has 7 heteroatoms. The van der Waals surface area contributed by atoms with Crippen LogP contribution < -0.4 is 5.69 Å². The van der Waals surface area contributed by atoms with Crippen LogP contribution in [0, 0.1) is 20.8 Å². The lowest BCUT2D eigenvalue weighted by Crippen LogP contribution is -2.26. The Labute approximate surface area is 172 Å². The zero-order valence-electron chi connectivity index (χ0n) is 16.3. The molecule has 29 heavy (non-hydrogen) atoms. The summed E-state index contributed by atoms with van der Waals surface area (Å²) in [7, 11) is 0. The summed E-state index contributed by atoms with van der Waals surface area (Å²) >= 11 is 5.93. The third kappa shape index (κ3) is 3.59. The van der Waals surface area contributed by atoms with E-state index in [0.29, 0.717) is 21.9 Å². The largest absolute Gasteiger partial charge is 0.367 e. The van der Waals surface area contributed by atoms with Crippen molar-refractivity contribution in [2.45, 2.75) is 27.3 Å². The van der Waals surface area contributed by atoms with Crippen LogP contribution in [0.15, 0.2) is 53.3 Å². The van der Waals surface area contributed by atoms with Gasteiger partial charge in [-0.15, -0.1) is 5.10 Å². The molecule has 4 aromatic rings. The Morgan fingerprint density at radius 2 is 1.62 bits per heavy atom. The first-order chi connectivity index (χ1) is 13.8. The third-order valence-corrected chi connectivity index (χ3v) is 5.27. The number of benzene rings is 2. The average Bonchev–Trinajstić information content (AvgIpc) is 3.00. The van der Waals surface area contributed by atoms with Crippen LogP contribution in [0.4, 0.5) is 0 Å². The Morgan fingerprint density at radius 3 is 2.34 bits per heavy atom. The number of aromatic nitrogens is 4. The molecule has 0 saturated heterocycles. The maximum atomic E-state index is 12.8. The van der Waals surface area contributed by atoms with Crippen molar-refractivity contribution in [3.8, 4) is 11.3 Å². The Hall–Kier alpha value is -3.25. The molecule has 2 heterocycles. The molecule has 0 saturated carbocycles. The van der Waals surface area contributed by atoms with Gasteiger partial charge < -0.3 is 0 Å². The fourth-order valence-electron chi connectivity index (χ4n) is 3.27. The summed E-state index contributed by atoms with van der Waals surface area (Å²) in [4.78, 5) is 25.6. The van der Waals surface area contributed by atoms with E-state index in [1.807, 2.05) is 45.0 Å². The SMILES string of the molecule is Cc1cc(C)c(C(=O)Cn2nc3ccc(-c4ccc(Cl)cc4)nn3c2=O)cc1C. The number of carbonyl (C=O) groups is 1. The van der Waals surface area contributed by atoms with Gasteiger partial charge in [-0.25, -0.2) is 9.48 Å². The van der Waals surface area contributed by atoms with E-state index in [-0.39, 0.29) is 12.3 Å². The lowest BCUT2D eigenvalue weighted by Gasteiger charge is -2.08. The number of hydrogen-bond donors (Lipinski definition) is 0. The number of hydrogen-bond acceptors (Lipinski definition) is 4. The van der Waals surface area contributed by atoms with Gasteiger partial charge >= 0.3 is 5.69 Å². The predicted octanol–water partition coefficient (Wildman–Crippen LogP) is 4.02. The van der Waals surface area contributed by atoms with Crippen molar-refractivity contribution in [1.29, 1.82) is 0 Å². The minimum atomic E-state index is -0.453. The fraction of sp³-hybridized carbons (Fsp3) is 0.182. The predicted molar refractivity (Wildman–Crippen MR) is 113 cm³/mol. The molecule has 0 spiro atoms. The molecular formula is C22H19ClN4O2. The van der Waals surface area contributed by atoms with Crippen LogP contribution in [-0.2, 0) is 6.54 Å². The van der Waals surface area contributed by atoms with Gasteiger partial charge in [-0.05, 0) is 67.8 Å². The Bertz CT molecular complexity index is 1300. The summed E-state index contributed by atoms with van der Waals surface area (Å²) < 4.78 is 2.37. The molecule has 0 bridgehead atoms. The van der Waals surface area contributed by atoms with Gasteiger partial charge in [0.1, 0.15) is 6.54 Å². The van der Waals surface area contributed by atoms with Crippen molar-refractivity contribution in [2.75, 3.05) is 0 Å². The summed E-state index contributed by atoms with van der Waals surface area (Å²) in [5.74, 6) is -0.158. The van der Waals surface area contributed by atoms with Gasteiger partial charge in [-0.1, -0.05) is 29.8 Å². The van der Waals surface area contributed by atoms with Crippen molar-refractivity contribution in [2.24, 2.45) is 0 Å². The van der Waals surface area contributed by atoms with Gasteiger partial charge in [-0.3, -0.25) is 4.79 Å². The molecule has 0 unspecified atom stereocenters. The van der Waals surface area contributed by atoms with Crippen LogP contribution in [0.2, 0.25) is 5.02 Å². The molecule has 6 nitrogen and oxygen atoms in total. The van der Waals surface area contributed by atoms with Gasteiger partial charge in [0, 0.05) is 16.1 Å². The van der Waals surface area contributed by atoms with E-state index in [9.17, 15) is 9.59 Å². The number of carbonyl (C=O) groups excluding carboxylic acids is 1. The van der Waals surface area contributed by atoms with Crippen molar-refractivity contribution in [1.82, 2.24) is 19.4 Å².